The van der Waals surface area contributed by atoms with Gasteiger partial charge < -0.3 is 4.74 Å². The first-order chi connectivity index (χ1) is 9.34. The SMILES string of the molecule is Cc1nn(C)c(Oc2ccccc2C(C)(C)C)c1CCl. The zero-order valence-electron chi connectivity index (χ0n) is 12.7. The molecule has 1 heterocycles. The quantitative estimate of drug-likeness (QED) is 0.776. The van der Waals surface area contributed by atoms with Gasteiger partial charge >= 0.3 is 0 Å². The lowest BCUT2D eigenvalue weighted by molar-refractivity contribution is 0.411. The number of hydrogen-bond donors (Lipinski definition) is 0. The Bertz CT molecular complexity index is 611. The molecule has 108 valence electrons. The first kappa shape index (κ1) is 14.9. The number of aryl methyl sites for hydroxylation is 2. The average molecular weight is 293 g/mol. The summed E-state index contributed by atoms with van der Waals surface area (Å²) in [5.74, 6) is 1.97. The van der Waals surface area contributed by atoms with E-state index in [0.717, 1.165) is 17.0 Å². The van der Waals surface area contributed by atoms with Gasteiger partial charge in [-0.3, -0.25) is 0 Å². The maximum absolute atomic E-state index is 6.13. The van der Waals surface area contributed by atoms with Crippen LogP contribution in [0, 0.1) is 6.92 Å². The number of alkyl halides is 1. The molecule has 0 aliphatic rings. The predicted molar refractivity (Wildman–Crippen MR) is 82.7 cm³/mol. The molecule has 4 heteroatoms. The fourth-order valence-corrected chi connectivity index (χ4v) is 2.55. The van der Waals surface area contributed by atoms with E-state index in [0.29, 0.717) is 11.8 Å². The molecule has 0 aliphatic carbocycles. The zero-order valence-corrected chi connectivity index (χ0v) is 13.5. The Labute approximate surface area is 125 Å². The molecular weight excluding hydrogens is 272 g/mol. The van der Waals surface area contributed by atoms with E-state index in [1.165, 1.54) is 5.56 Å². The van der Waals surface area contributed by atoms with Crippen LogP contribution in [0.25, 0.3) is 0 Å². The third kappa shape index (κ3) is 2.83. The Hall–Kier alpha value is -1.48. The number of aromatic nitrogens is 2. The molecule has 0 spiro atoms. The van der Waals surface area contributed by atoms with Gasteiger partial charge in [0.2, 0.25) is 5.88 Å². The topological polar surface area (TPSA) is 27.1 Å². The number of nitrogens with zero attached hydrogens (tertiary/aromatic N) is 2. The highest BCUT2D eigenvalue weighted by Gasteiger charge is 2.21. The Morgan fingerprint density at radius 1 is 1.25 bits per heavy atom. The lowest BCUT2D eigenvalue weighted by Crippen LogP contribution is -2.12. The van der Waals surface area contributed by atoms with Crippen LogP contribution >= 0.6 is 11.6 Å². The third-order valence-corrected chi connectivity index (χ3v) is 3.59. The second-order valence-electron chi connectivity index (χ2n) is 5.97. The van der Waals surface area contributed by atoms with Crippen LogP contribution in [0.1, 0.15) is 37.6 Å². The maximum atomic E-state index is 6.13. The second kappa shape index (κ2) is 5.49. The van der Waals surface area contributed by atoms with Crippen molar-refractivity contribution in [2.45, 2.75) is 39.0 Å². The van der Waals surface area contributed by atoms with E-state index in [-0.39, 0.29) is 5.41 Å². The van der Waals surface area contributed by atoms with Gasteiger partial charge in [0.25, 0.3) is 0 Å². The molecule has 0 fully saturated rings. The molecule has 0 aliphatic heterocycles. The molecule has 0 bridgehead atoms. The molecule has 0 radical (unpaired) electrons. The number of halogens is 1. The molecule has 0 saturated heterocycles. The van der Waals surface area contributed by atoms with Crippen LogP contribution < -0.4 is 4.74 Å². The molecule has 0 unspecified atom stereocenters. The van der Waals surface area contributed by atoms with Gasteiger partial charge in [-0.2, -0.15) is 5.10 Å². The summed E-state index contributed by atoms with van der Waals surface area (Å²) in [6, 6.07) is 8.10. The molecule has 0 atom stereocenters. The second-order valence-corrected chi connectivity index (χ2v) is 6.24. The van der Waals surface area contributed by atoms with Gasteiger partial charge in [0, 0.05) is 12.6 Å². The molecule has 3 nitrogen and oxygen atoms in total. The van der Waals surface area contributed by atoms with E-state index in [4.69, 9.17) is 16.3 Å². The molecule has 0 amide bonds. The molecule has 1 aromatic carbocycles. The van der Waals surface area contributed by atoms with Crippen LogP contribution in [0.2, 0.25) is 0 Å². The van der Waals surface area contributed by atoms with Crippen LogP contribution in [-0.4, -0.2) is 9.78 Å². The minimum atomic E-state index is 0.0192. The number of benzene rings is 1. The zero-order chi connectivity index (χ0) is 14.9. The van der Waals surface area contributed by atoms with Crippen LogP contribution in [0.3, 0.4) is 0 Å². The molecule has 0 saturated carbocycles. The Balaban J connectivity index is 2.46. The maximum Gasteiger partial charge on any atom is 0.222 e. The fourth-order valence-electron chi connectivity index (χ4n) is 2.24. The minimum absolute atomic E-state index is 0.0192. The number of ether oxygens (including phenoxy) is 1. The van der Waals surface area contributed by atoms with E-state index in [1.807, 2.05) is 32.2 Å². The Morgan fingerprint density at radius 3 is 2.50 bits per heavy atom. The number of rotatable bonds is 3. The van der Waals surface area contributed by atoms with Crippen molar-refractivity contribution in [2.75, 3.05) is 0 Å². The first-order valence-electron chi connectivity index (χ1n) is 6.70. The normalized spacial score (nSPS) is 11.7. The minimum Gasteiger partial charge on any atom is -0.439 e. The summed E-state index contributed by atoms with van der Waals surface area (Å²) >= 11 is 6.01. The van der Waals surface area contributed by atoms with Crippen molar-refractivity contribution in [3.05, 3.63) is 41.1 Å². The van der Waals surface area contributed by atoms with Gasteiger partial charge in [-0.05, 0) is 18.4 Å². The predicted octanol–water partition coefficient (Wildman–Crippen LogP) is 4.56. The van der Waals surface area contributed by atoms with Gasteiger partial charge in [0.05, 0.1) is 17.1 Å². The van der Waals surface area contributed by atoms with Crippen molar-refractivity contribution in [1.29, 1.82) is 0 Å². The van der Waals surface area contributed by atoms with Crippen molar-refractivity contribution in [3.63, 3.8) is 0 Å². The highest BCUT2D eigenvalue weighted by Crippen LogP contribution is 2.35. The lowest BCUT2D eigenvalue weighted by atomic mass is 9.86. The van der Waals surface area contributed by atoms with Crippen molar-refractivity contribution < 1.29 is 4.74 Å². The summed E-state index contributed by atoms with van der Waals surface area (Å²) in [7, 11) is 1.87. The van der Waals surface area contributed by atoms with E-state index in [1.54, 1.807) is 4.68 Å². The lowest BCUT2D eigenvalue weighted by Gasteiger charge is -2.22. The van der Waals surface area contributed by atoms with E-state index >= 15 is 0 Å². The van der Waals surface area contributed by atoms with Crippen molar-refractivity contribution >= 4 is 11.6 Å². The van der Waals surface area contributed by atoms with Crippen molar-refractivity contribution in [1.82, 2.24) is 9.78 Å². The van der Waals surface area contributed by atoms with Crippen LogP contribution in [0.5, 0.6) is 11.6 Å². The Morgan fingerprint density at radius 2 is 1.90 bits per heavy atom. The number of hydrogen-bond acceptors (Lipinski definition) is 2. The van der Waals surface area contributed by atoms with Gasteiger partial charge in [-0.25, -0.2) is 4.68 Å². The number of para-hydroxylation sites is 1. The van der Waals surface area contributed by atoms with Gasteiger partial charge in [0.15, 0.2) is 0 Å². The fraction of sp³-hybridized carbons (Fsp3) is 0.438. The van der Waals surface area contributed by atoms with Crippen molar-refractivity contribution in [3.8, 4) is 11.6 Å². The highest BCUT2D eigenvalue weighted by atomic mass is 35.5. The largest absolute Gasteiger partial charge is 0.439 e. The molecule has 20 heavy (non-hydrogen) atoms. The molecule has 1 aromatic heterocycles. The summed E-state index contributed by atoms with van der Waals surface area (Å²) in [4.78, 5) is 0. The van der Waals surface area contributed by atoms with Crippen LogP contribution in [-0.2, 0) is 18.3 Å². The summed E-state index contributed by atoms with van der Waals surface area (Å²) in [6.07, 6.45) is 0. The van der Waals surface area contributed by atoms with E-state index < -0.39 is 0 Å². The average Bonchev–Trinajstić information content (AvgIpc) is 2.63. The highest BCUT2D eigenvalue weighted by molar-refractivity contribution is 6.17. The van der Waals surface area contributed by atoms with Gasteiger partial charge in [0.1, 0.15) is 5.75 Å². The van der Waals surface area contributed by atoms with Crippen molar-refractivity contribution in [2.24, 2.45) is 7.05 Å². The summed E-state index contributed by atoms with van der Waals surface area (Å²) in [5.41, 5.74) is 3.04. The van der Waals surface area contributed by atoms with Crippen LogP contribution in [0.15, 0.2) is 24.3 Å². The summed E-state index contributed by atoms with van der Waals surface area (Å²) in [5, 5.41) is 4.38. The molecule has 2 rings (SSSR count). The standard InChI is InChI=1S/C16H21ClN2O/c1-11-12(10-17)15(19(5)18-11)20-14-9-7-6-8-13(14)16(2,3)4/h6-9H,10H2,1-5H3. The molecule has 0 N–H and O–H groups in total. The van der Waals surface area contributed by atoms with E-state index in [2.05, 4.69) is 31.9 Å². The van der Waals surface area contributed by atoms with E-state index in [9.17, 15) is 0 Å². The molecule has 2 aromatic rings. The monoisotopic (exact) mass is 292 g/mol. The van der Waals surface area contributed by atoms with Gasteiger partial charge in [-0.15, -0.1) is 11.6 Å². The smallest absolute Gasteiger partial charge is 0.222 e. The third-order valence-electron chi connectivity index (χ3n) is 3.32. The Kier molecular flexibility index (Phi) is 4.09. The summed E-state index contributed by atoms with van der Waals surface area (Å²) < 4.78 is 7.87. The van der Waals surface area contributed by atoms with Crippen LogP contribution in [0.4, 0.5) is 0 Å². The van der Waals surface area contributed by atoms with Gasteiger partial charge in [-0.1, -0.05) is 39.0 Å². The molecular formula is C16H21ClN2O. The first-order valence-corrected chi connectivity index (χ1v) is 7.24. The summed E-state index contributed by atoms with van der Waals surface area (Å²) in [6.45, 7) is 8.46.